The Balaban J connectivity index is 1.44. The highest BCUT2D eigenvalue weighted by atomic mass is 32.2. The van der Waals surface area contributed by atoms with Gasteiger partial charge in [-0.05, 0) is 68.7 Å². The lowest BCUT2D eigenvalue weighted by molar-refractivity contribution is -0.738. The summed E-state index contributed by atoms with van der Waals surface area (Å²) in [6, 6.07) is 14.1. The van der Waals surface area contributed by atoms with Crippen LogP contribution in [0.3, 0.4) is 0 Å². The molecule has 0 radical (unpaired) electrons. The molecule has 2 fully saturated rings. The number of hydrogen-bond donors (Lipinski definition) is 0. The lowest BCUT2D eigenvalue weighted by Gasteiger charge is -2.26. The van der Waals surface area contributed by atoms with Crippen molar-refractivity contribution in [3.8, 4) is 0 Å². The van der Waals surface area contributed by atoms with Crippen LogP contribution in [0, 0.1) is 31.6 Å². The number of thioether (sulfide) groups is 1. The van der Waals surface area contributed by atoms with Crippen LogP contribution in [0.4, 0.5) is 5.69 Å². The average Bonchev–Trinajstić information content (AvgIpc) is 3.41. The van der Waals surface area contributed by atoms with Crippen molar-refractivity contribution in [2.45, 2.75) is 64.3 Å². The van der Waals surface area contributed by atoms with Gasteiger partial charge in [0.15, 0.2) is 17.4 Å². The van der Waals surface area contributed by atoms with Crippen LogP contribution in [-0.2, 0) is 0 Å². The predicted molar refractivity (Wildman–Crippen MR) is 123 cm³/mol. The monoisotopic (exact) mass is 405 g/mol. The number of hydrogen-bond acceptors (Lipinski definition) is 2. The lowest BCUT2D eigenvalue weighted by atomic mass is 9.83. The highest BCUT2D eigenvalue weighted by molar-refractivity contribution is 8.03. The van der Waals surface area contributed by atoms with Gasteiger partial charge in [-0.2, -0.15) is 4.57 Å². The van der Waals surface area contributed by atoms with Crippen LogP contribution in [0.15, 0.2) is 46.3 Å². The Morgan fingerprint density at radius 2 is 1.90 bits per heavy atom. The van der Waals surface area contributed by atoms with Crippen LogP contribution in [0.25, 0.3) is 6.08 Å². The maximum atomic E-state index is 2.61. The Labute approximate surface area is 180 Å². The molecule has 3 heteroatoms. The number of aryl methyl sites for hydroxylation is 2. The van der Waals surface area contributed by atoms with E-state index >= 15 is 0 Å². The van der Waals surface area contributed by atoms with E-state index in [1.54, 1.807) is 0 Å². The average molecular weight is 406 g/mol. The van der Waals surface area contributed by atoms with Crippen LogP contribution in [0.5, 0.6) is 0 Å². The van der Waals surface area contributed by atoms with Crippen molar-refractivity contribution in [3.05, 3.63) is 58.4 Å². The molecule has 4 atom stereocenters. The van der Waals surface area contributed by atoms with E-state index in [0.717, 1.165) is 24.3 Å². The maximum Gasteiger partial charge on any atom is 0.179 e. The molecule has 0 spiro atoms. The molecular formula is C26H33N2S+. The number of fused-ring (bicyclic) bond motifs is 3. The smallest absolute Gasteiger partial charge is 0.179 e. The molecular weight excluding hydrogens is 372 g/mol. The molecule has 152 valence electrons. The molecule has 0 saturated heterocycles. The molecule has 2 aromatic rings. The normalized spacial score (nSPS) is 27.7. The second-order valence-corrected chi connectivity index (χ2v) is 10.4. The fourth-order valence-electron chi connectivity index (χ4n) is 6.37. The van der Waals surface area contributed by atoms with E-state index in [2.05, 4.69) is 79.6 Å². The summed E-state index contributed by atoms with van der Waals surface area (Å²) >= 11 is 1.89. The summed E-state index contributed by atoms with van der Waals surface area (Å²) in [5.41, 5.74) is 5.46. The van der Waals surface area contributed by atoms with Gasteiger partial charge in [-0.15, -0.1) is 0 Å². The number of aromatic nitrogens is 1. The summed E-state index contributed by atoms with van der Waals surface area (Å²) in [5.74, 6) is 2.85. The van der Waals surface area contributed by atoms with Gasteiger partial charge in [0, 0.05) is 43.3 Å². The van der Waals surface area contributed by atoms with Gasteiger partial charge in [-0.3, -0.25) is 0 Å². The third kappa shape index (κ3) is 3.32. The molecule has 2 heterocycles. The van der Waals surface area contributed by atoms with Crippen LogP contribution in [-0.4, -0.2) is 6.54 Å². The van der Waals surface area contributed by atoms with E-state index < -0.39 is 0 Å². The Kier molecular flexibility index (Phi) is 4.98. The van der Waals surface area contributed by atoms with Crippen molar-refractivity contribution in [1.82, 2.24) is 0 Å². The van der Waals surface area contributed by atoms with Gasteiger partial charge >= 0.3 is 0 Å². The van der Waals surface area contributed by atoms with Gasteiger partial charge in [-0.1, -0.05) is 30.3 Å². The van der Waals surface area contributed by atoms with Crippen molar-refractivity contribution in [2.75, 3.05) is 11.4 Å². The first-order chi connectivity index (χ1) is 14.0. The number of benzene rings is 1. The standard InChI is InChI=1S/C26H33N2S/c1-5-27-24-8-6-7-9-25(24)29-26(27)16-21-12-17(2)28(18(3)13-21)19(4)23-15-20-10-11-22(23)14-20/h6-9,12-13,16,19-20,22-23H,5,10-11,14-15H2,1-4H3/q+1/t19-,20-,22-,23+/m0/s1. The first kappa shape index (κ1) is 19.2. The molecule has 1 aromatic heterocycles. The van der Waals surface area contributed by atoms with E-state index in [1.807, 2.05) is 11.8 Å². The molecule has 0 N–H and O–H groups in total. The van der Waals surface area contributed by atoms with Gasteiger partial charge in [0.25, 0.3) is 0 Å². The minimum absolute atomic E-state index is 0.615. The highest BCUT2D eigenvalue weighted by Gasteiger charge is 2.45. The lowest BCUT2D eigenvalue weighted by Crippen LogP contribution is -2.48. The molecule has 1 aromatic carbocycles. The zero-order chi connectivity index (χ0) is 20.1. The van der Waals surface area contributed by atoms with Crippen LogP contribution in [0.2, 0.25) is 0 Å². The molecule has 2 bridgehead atoms. The van der Waals surface area contributed by atoms with E-state index in [9.17, 15) is 0 Å². The molecule has 0 unspecified atom stereocenters. The molecule has 5 rings (SSSR count). The Bertz CT molecular complexity index is 940. The summed E-state index contributed by atoms with van der Waals surface area (Å²) in [5, 5.41) is 1.34. The quantitative estimate of drug-likeness (QED) is 0.535. The van der Waals surface area contributed by atoms with Gasteiger partial charge in [-0.25, -0.2) is 0 Å². The van der Waals surface area contributed by atoms with Gasteiger partial charge < -0.3 is 4.90 Å². The first-order valence-corrected chi connectivity index (χ1v) is 12.2. The van der Waals surface area contributed by atoms with Crippen LogP contribution >= 0.6 is 11.8 Å². The summed E-state index contributed by atoms with van der Waals surface area (Å²) in [6.07, 6.45) is 8.26. The van der Waals surface area contributed by atoms with Crippen LogP contribution < -0.4 is 9.47 Å². The Morgan fingerprint density at radius 3 is 2.55 bits per heavy atom. The molecule has 3 aliphatic rings. The molecule has 2 nitrogen and oxygen atoms in total. The van der Waals surface area contributed by atoms with E-state index in [4.69, 9.17) is 0 Å². The van der Waals surface area contributed by atoms with Crippen molar-refractivity contribution >= 4 is 23.5 Å². The second-order valence-electron chi connectivity index (χ2n) is 9.32. The summed E-state index contributed by atoms with van der Waals surface area (Å²) in [4.78, 5) is 3.80. The maximum absolute atomic E-state index is 2.61. The fourth-order valence-corrected chi connectivity index (χ4v) is 7.56. The zero-order valence-corrected chi connectivity index (χ0v) is 19.0. The molecule has 2 saturated carbocycles. The largest absolute Gasteiger partial charge is 0.335 e. The molecule has 29 heavy (non-hydrogen) atoms. The second kappa shape index (κ2) is 7.50. The fraction of sp³-hybridized carbons (Fsp3) is 0.500. The topological polar surface area (TPSA) is 7.12 Å². The minimum Gasteiger partial charge on any atom is -0.335 e. The third-order valence-electron chi connectivity index (χ3n) is 7.57. The summed E-state index contributed by atoms with van der Waals surface area (Å²) in [7, 11) is 0. The van der Waals surface area contributed by atoms with E-state index in [0.29, 0.717) is 6.04 Å². The van der Waals surface area contributed by atoms with Crippen LogP contribution in [0.1, 0.15) is 62.5 Å². The highest BCUT2D eigenvalue weighted by Crippen LogP contribution is 2.51. The molecule has 2 aliphatic carbocycles. The van der Waals surface area contributed by atoms with Crippen molar-refractivity contribution < 1.29 is 4.57 Å². The molecule has 0 amide bonds. The first-order valence-electron chi connectivity index (χ1n) is 11.3. The number of nitrogens with zero attached hydrogens (tertiary/aromatic N) is 2. The zero-order valence-electron chi connectivity index (χ0n) is 18.2. The Morgan fingerprint density at radius 1 is 1.14 bits per heavy atom. The van der Waals surface area contributed by atoms with Gasteiger partial charge in [0.1, 0.15) is 0 Å². The van der Waals surface area contributed by atoms with E-state index in [1.165, 1.54) is 58.2 Å². The van der Waals surface area contributed by atoms with Crippen molar-refractivity contribution in [3.63, 3.8) is 0 Å². The molecule has 1 aliphatic heterocycles. The third-order valence-corrected chi connectivity index (χ3v) is 8.69. The summed E-state index contributed by atoms with van der Waals surface area (Å²) < 4.78 is 2.61. The number of rotatable bonds is 4. The number of pyridine rings is 1. The number of anilines is 1. The van der Waals surface area contributed by atoms with Gasteiger partial charge in [0.2, 0.25) is 0 Å². The van der Waals surface area contributed by atoms with Crippen molar-refractivity contribution in [2.24, 2.45) is 17.8 Å². The van der Waals surface area contributed by atoms with Crippen molar-refractivity contribution in [1.29, 1.82) is 0 Å². The van der Waals surface area contributed by atoms with E-state index in [-0.39, 0.29) is 0 Å². The summed E-state index contributed by atoms with van der Waals surface area (Å²) in [6.45, 7) is 10.3. The Hall–Kier alpha value is -1.74. The van der Waals surface area contributed by atoms with Gasteiger partial charge in [0.05, 0.1) is 10.7 Å². The SMILES string of the molecule is CCN1C(=Cc2cc(C)[n+]([C@@H](C)[C@H]3C[C@H]4CC[C@H]3C4)c(C)c2)Sc2ccccc21. The minimum atomic E-state index is 0.615. The predicted octanol–water partition coefficient (Wildman–Crippen LogP) is 6.52. The number of para-hydroxylation sites is 1.